The summed E-state index contributed by atoms with van der Waals surface area (Å²) < 4.78 is 6.51. The topological polar surface area (TPSA) is 90.3 Å². The van der Waals surface area contributed by atoms with Crippen LogP contribution in [-0.4, -0.2) is 28.3 Å². The number of anilines is 1. The minimum atomic E-state index is -0.422. The molecule has 30 heavy (non-hydrogen) atoms. The van der Waals surface area contributed by atoms with Gasteiger partial charge in [-0.3, -0.25) is 9.59 Å². The van der Waals surface area contributed by atoms with Crippen LogP contribution in [0.15, 0.2) is 53.3 Å². The first-order valence-corrected chi connectivity index (χ1v) is 10.1. The molecule has 0 saturated carbocycles. The summed E-state index contributed by atoms with van der Waals surface area (Å²) in [6, 6.07) is 13.4. The van der Waals surface area contributed by atoms with E-state index in [4.69, 9.17) is 4.74 Å². The van der Waals surface area contributed by atoms with Gasteiger partial charge in [-0.15, -0.1) is 0 Å². The third kappa shape index (κ3) is 4.74. The Balaban J connectivity index is 1.82. The summed E-state index contributed by atoms with van der Waals surface area (Å²) in [5, 5.41) is 8.04. The van der Waals surface area contributed by atoms with Crippen molar-refractivity contribution in [3.05, 3.63) is 70.1 Å². The predicted molar refractivity (Wildman–Crippen MR) is 116 cm³/mol. The van der Waals surface area contributed by atoms with Gasteiger partial charge in [0, 0.05) is 17.6 Å². The number of ether oxygens (including phenoxy) is 1. The number of nitrogens with zero attached hydrogens (tertiary/aromatic N) is 2. The summed E-state index contributed by atoms with van der Waals surface area (Å²) in [6.45, 7) is 4.79. The van der Waals surface area contributed by atoms with Gasteiger partial charge in [-0.1, -0.05) is 38.5 Å². The molecule has 0 spiro atoms. The van der Waals surface area contributed by atoms with E-state index in [1.54, 1.807) is 48.5 Å². The van der Waals surface area contributed by atoms with Crippen molar-refractivity contribution in [2.24, 2.45) is 0 Å². The molecule has 156 valence electrons. The summed E-state index contributed by atoms with van der Waals surface area (Å²) in [4.78, 5) is 37.5. The van der Waals surface area contributed by atoms with Crippen molar-refractivity contribution < 1.29 is 14.3 Å². The molecular formula is C23H25N3O4. The Morgan fingerprint density at radius 2 is 1.70 bits per heavy atom. The highest BCUT2D eigenvalue weighted by atomic mass is 16.5. The molecule has 0 radical (unpaired) electrons. The summed E-state index contributed by atoms with van der Waals surface area (Å²) in [6.07, 6.45) is 2.50. The fourth-order valence-corrected chi connectivity index (χ4v) is 3.04. The number of esters is 1. The van der Waals surface area contributed by atoms with E-state index in [2.05, 4.69) is 10.4 Å². The van der Waals surface area contributed by atoms with Crippen LogP contribution in [0.1, 0.15) is 54.0 Å². The molecule has 0 fully saturated rings. The van der Waals surface area contributed by atoms with Crippen LogP contribution >= 0.6 is 0 Å². The lowest BCUT2D eigenvalue weighted by Crippen LogP contribution is -2.27. The van der Waals surface area contributed by atoms with E-state index in [0.717, 1.165) is 19.3 Å². The number of benzene rings is 2. The van der Waals surface area contributed by atoms with E-state index in [0.29, 0.717) is 35.2 Å². The zero-order valence-corrected chi connectivity index (χ0v) is 17.2. The third-order valence-electron chi connectivity index (χ3n) is 4.63. The number of nitrogens with one attached hydrogen (secondary N) is 1. The van der Waals surface area contributed by atoms with Crippen molar-refractivity contribution in [2.45, 2.75) is 39.7 Å². The van der Waals surface area contributed by atoms with Gasteiger partial charge in [0.25, 0.3) is 11.5 Å². The predicted octanol–water partition coefficient (Wildman–Crippen LogP) is 4.02. The largest absolute Gasteiger partial charge is 0.462 e. The van der Waals surface area contributed by atoms with Gasteiger partial charge in [-0.25, -0.2) is 9.48 Å². The fraction of sp³-hybridized carbons (Fsp3) is 0.304. The highest BCUT2D eigenvalue weighted by Gasteiger charge is 2.17. The lowest BCUT2D eigenvalue weighted by atomic mass is 10.1. The van der Waals surface area contributed by atoms with Crippen molar-refractivity contribution >= 4 is 28.3 Å². The van der Waals surface area contributed by atoms with Crippen LogP contribution in [-0.2, 0) is 11.3 Å². The number of aromatic nitrogens is 2. The van der Waals surface area contributed by atoms with E-state index in [1.807, 2.05) is 13.8 Å². The molecule has 0 bridgehead atoms. The van der Waals surface area contributed by atoms with Crippen molar-refractivity contribution in [2.75, 3.05) is 11.9 Å². The molecule has 0 atom stereocenters. The number of fused-ring (bicyclic) bond motifs is 1. The van der Waals surface area contributed by atoms with Crippen molar-refractivity contribution in [1.29, 1.82) is 0 Å². The molecular weight excluding hydrogens is 382 g/mol. The third-order valence-corrected chi connectivity index (χ3v) is 4.63. The molecule has 2 aromatic carbocycles. The highest BCUT2D eigenvalue weighted by molar-refractivity contribution is 6.11. The standard InChI is InChI=1S/C23H25N3O4/c1-3-5-15-30-23(29)16-10-12-17(13-11-16)24-21(27)20-18-8-6-7-9-19(18)22(28)26(25-20)14-4-2/h6-13H,3-5,14-15H2,1-2H3,(H,24,27). The number of amides is 1. The number of carbonyl (C=O) groups excluding carboxylic acids is 2. The average molecular weight is 407 g/mol. The molecule has 7 nitrogen and oxygen atoms in total. The summed E-state index contributed by atoms with van der Waals surface area (Å²) >= 11 is 0. The lowest BCUT2D eigenvalue weighted by molar-refractivity contribution is 0.0499. The Hall–Kier alpha value is -3.48. The molecule has 0 aliphatic heterocycles. The maximum Gasteiger partial charge on any atom is 0.338 e. The normalized spacial score (nSPS) is 10.7. The molecule has 1 aromatic heterocycles. The Morgan fingerprint density at radius 3 is 2.37 bits per heavy atom. The molecule has 1 N–H and O–H groups in total. The van der Waals surface area contributed by atoms with Gasteiger partial charge in [0.1, 0.15) is 0 Å². The van der Waals surface area contributed by atoms with Crippen LogP contribution in [0.25, 0.3) is 10.8 Å². The first-order valence-electron chi connectivity index (χ1n) is 10.1. The van der Waals surface area contributed by atoms with E-state index < -0.39 is 5.91 Å². The molecule has 3 rings (SSSR count). The Labute approximate surface area is 174 Å². The number of carbonyl (C=O) groups is 2. The lowest BCUT2D eigenvalue weighted by Gasteiger charge is -2.11. The number of hydrogen-bond acceptors (Lipinski definition) is 5. The van der Waals surface area contributed by atoms with E-state index in [1.165, 1.54) is 4.68 Å². The van der Waals surface area contributed by atoms with Crippen molar-refractivity contribution in [3.63, 3.8) is 0 Å². The monoisotopic (exact) mass is 407 g/mol. The Kier molecular flexibility index (Phi) is 6.95. The SMILES string of the molecule is CCCCOC(=O)c1ccc(NC(=O)c2nn(CCC)c(=O)c3ccccc23)cc1. The molecule has 7 heteroatoms. The summed E-state index contributed by atoms with van der Waals surface area (Å²) in [7, 11) is 0. The van der Waals surface area contributed by atoms with Crippen molar-refractivity contribution in [3.8, 4) is 0 Å². The number of aryl methyl sites for hydroxylation is 1. The molecule has 1 heterocycles. The molecule has 0 unspecified atom stereocenters. The highest BCUT2D eigenvalue weighted by Crippen LogP contribution is 2.17. The van der Waals surface area contributed by atoms with Gasteiger partial charge >= 0.3 is 5.97 Å². The average Bonchev–Trinajstić information content (AvgIpc) is 2.76. The van der Waals surface area contributed by atoms with Gasteiger partial charge < -0.3 is 10.1 Å². The zero-order chi connectivity index (χ0) is 21.5. The maximum atomic E-state index is 12.9. The second kappa shape index (κ2) is 9.82. The first kappa shape index (κ1) is 21.2. The van der Waals surface area contributed by atoms with Crippen LogP contribution < -0.4 is 10.9 Å². The molecule has 0 aliphatic carbocycles. The number of unbranched alkanes of at least 4 members (excludes halogenated alkanes) is 1. The van der Waals surface area contributed by atoms with Gasteiger partial charge in [0.05, 0.1) is 17.6 Å². The molecule has 3 aromatic rings. The smallest absolute Gasteiger partial charge is 0.338 e. The first-order chi connectivity index (χ1) is 14.5. The summed E-state index contributed by atoms with van der Waals surface area (Å²) in [5.41, 5.74) is 0.907. The maximum absolute atomic E-state index is 12.9. The van der Waals surface area contributed by atoms with Gasteiger partial charge in [-0.2, -0.15) is 5.10 Å². The minimum Gasteiger partial charge on any atom is -0.462 e. The van der Waals surface area contributed by atoms with E-state index in [9.17, 15) is 14.4 Å². The molecule has 0 aliphatic rings. The second-order valence-electron chi connectivity index (χ2n) is 6.94. The van der Waals surface area contributed by atoms with Crippen LogP contribution in [0.4, 0.5) is 5.69 Å². The van der Waals surface area contributed by atoms with Crippen molar-refractivity contribution in [1.82, 2.24) is 9.78 Å². The Bertz CT molecular complexity index is 1100. The fourth-order valence-electron chi connectivity index (χ4n) is 3.04. The second-order valence-corrected chi connectivity index (χ2v) is 6.94. The van der Waals surface area contributed by atoms with E-state index in [-0.39, 0.29) is 17.2 Å². The van der Waals surface area contributed by atoms with Gasteiger partial charge in [-0.05, 0) is 43.2 Å². The minimum absolute atomic E-state index is 0.182. The van der Waals surface area contributed by atoms with Crippen LogP contribution in [0.3, 0.4) is 0 Å². The quantitative estimate of drug-likeness (QED) is 0.450. The Morgan fingerprint density at radius 1 is 1.00 bits per heavy atom. The van der Waals surface area contributed by atoms with Gasteiger partial charge in [0.15, 0.2) is 5.69 Å². The van der Waals surface area contributed by atoms with E-state index >= 15 is 0 Å². The van der Waals surface area contributed by atoms with Crippen LogP contribution in [0.2, 0.25) is 0 Å². The van der Waals surface area contributed by atoms with Crippen LogP contribution in [0, 0.1) is 0 Å². The molecule has 1 amide bonds. The summed E-state index contributed by atoms with van der Waals surface area (Å²) in [5.74, 6) is -0.810. The van der Waals surface area contributed by atoms with Gasteiger partial charge in [0.2, 0.25) is 0 Å². The molecule has 0 saturated heterocycles. The number of hydrogen-bond donors (Lipinski definition) is 1. The zero-order valence-electron chi connectivity index (χ0n) is 17.2. The van der Waals surface area contributed by atoms with Crippen LogP contribution in [0.5, 0.6) is 0 Å². The number of rotatable bonds is 8.